The molecule has 0 bridgehead atoms. The monoisotopic (exact) mass is 382 g/mol. The fraction of sp³-hybridized carbons (Fsp3) is 0.200. The molecule has 2 aromatic heterocycles. The average molecular weight is 383 g/mol. The molecule has 2 N–H and O–H groups in total. The number of nitrogens with one attached hydrogen (secondary N) is 1. The van der Waals surface area contributed by atoms with Crippen molar-refractivity contribution in [2.45, 2.75) is 19.9 Å². The summed E-state index contributed by atoms with van der Waals surface area (Å²) in [7, 11) is 0. The van der Waals surface area contributed by atoms with Crippen molar-refractivity contribution in [1.29, 1.82) is 0 Å². The first kappa shape index (κ1) is 18.9. The number of carbonyl (C=O) groups excluding carboxylic acids is 1. The van der Waals surface area contributed by atoms with E-state index in [1.54, 1.807) is 31.3 Å². The van der Waals surface area contributed by atoms with Gasteiger partial charge in [0, 0.05) is 34.1 Å². The molecule has 0 aliphatic rings. The first-order valence-corrected chi connectivity index (χ1v) is 8.84. The van der Waals surface area contributed by atoms with Crippen molar-refractivity contribution >= 4 is 17.5 Å². The summed E-state index contributed by atoms with van der Waals surface area (Å²) in [6, 6.07) is 12.2. The second-order valence-electron chi connectivity index (χ2n) is 6.21. The number of aliphatic hydroxyl groups excluding tert-OH is 1. The van der Waals surface area contributed by atoms with Crippen LogP contribution in [0.2, 0.25) is 5.02 Å². The van der Waals surface area contributed by atoms with Gasteiger partial charge in [0.25, 0.3) is 5.91 Å². The van der Waals surface area contributed by atoms with Crippen molar-refractivity contribution in [2.75, 3.05) is 6.61 Å². The Balaban J connectivity index is 2.08. The van der Waals surface area contributed by atoms with Crippen LogP contribution in [0.4, 0.5) is 0 Å². The van der Waals surface area contributed by atoms with Gasteiger partial charge in [-0.1, -0.05) is 23.7 Å². The summed E-state index contributed by atoms with van der Waals surface area (Å²) >= 11 is 5.97. The van der Waals surface area contributed by atoms with E-state index in [4.69, 9.17) is 11.6 Å². The number of amides is 1. The quantitative estimate of drug-likeness (QED) is 0.707. The van der Waals surface area contributed by atoms with Crippen LogP contribution in [0.15, 0.2) is 48.7 Å². The van der Waals surface area contributed by atoms with Crippen molar-refractivity contribution in [2.24, 2.45) is 0 Å². The maximum atomic E-state index is 12.5. The fourth-order valence-electron chi connectivity index (χ4n) is 2.40. The van der Waals surface area contributed by atoms with E-state index in [9.17, 15) is 9.90 Å². The molecule has 27 heavy (non-hydrogen) atoms. The summed E-state index contributed by atoms with van der Waals surface area (Å²) < 4.78 is 0. The highest BCUT2D eigenvalue weighted by Gasteiger charge is 2.16. The van der Waals surface area contributed by atoms with Crippen molar-refractivity contribution in [3.05, 3.63) is 65.1 Å². The van der Waals surface area contributed by atoms with Crippen molar-refractivity contribution in [3.63, 3.8) is 0 Å². The summed E-state index contributed by atoms with van der Waals surface area (Å²) in [6.07, 6.45) is 1.67. The van der Waals surface area contributed by atoms with Crippen LogP contribution >= 0.6 is 11.6 Å². The third kappa shape index (κ3) is 4.67. The maximum absolute atomic E-state index is 12.5. The van der Waals surface area contributed by atoms with Crippen LogP contribution in [0.5, 0.6) is 0 Å². The van der Waals surface area contributed by atoms with Crippen LogP contribution < -0.4 is 5.32 Å². The molecule has 1 atom stereocenters. The highest BCUT2D eigenvalue weighted by Crippen LogP contribution is 2.24. The molecule has 0 saturated heterocycles. The van der Waals surface area contributed by atoms with E-state index in [-0.39, 0.29) is 24.2 Å². The second kappa shape index (κ2) is 8.24. The van der Waals surface area contributed by atoms with Gasteiger partial charge in [-0.2, -0.15) is 0 Å². The minimum Gasteiger partial charge on any atom is -0.394 e. The third-order valence-corrected chi connectivity index (χ3v) is 4.17. The van der Waals surface area contributed by atoms with Crippen molar-refractivity contribution < 1.29 is 9.90 Å². The molecule has 2 heterocycles. The zero-order valence-electron chi connectivity index (χ0n) is 15.0. The topological polar surface area (TPSA) is 88.0 Å². The van der Waals surface area contributed by atoms with Crippen LogP contribution in [0, 0.1) is 6.92 Å². The highest BCUT2D eigenvalue weighted by atomic mass is 35.5. The number of rotatable bonds is 5. The first-order chi connectivity index (χ1) is 13.0. The molecule has 1 aromatic carbocycles. The smallest absolute Gasteiger partial charge is 0.270 e. The first-order valence-electron chi connectivity index (χ1n) is 8.46. The second-order valence-corrected chi connectivity index (χ2v) is 6.65. The van der Waals surface area contributed by atoms with E-state index < -0.39 is 0 Å². The number of halogens is 1. The van der Waals surface area contributed by atoms with E-state index in [1.807, 2.05) is 31.2 Å². The van der Waals surface area contributed by atoms with E-state index in [0.29, 0.717) is 22.1 Å². The number of nitrogens with zero attached hydrogens (tertiary/aromatic N) is 3. The number of aryl methyl sites for hydroxylation is 1. The molecule has 0 aliphatic heterocycles. The zero-order chi connectivity index (χ0) is 19.4. The van der Waals surface area contributed by atoms with Crippen LogP contribution in [0.3, 0.4) is 0 Å². The third-order valence-electron chi connectivity index (χ3n) is 3.92. The summed E-state index contributed by atoms with van der Waals surface area (Å²) in [6.45, 7) is 3.45. The zero-order valence-corrected chi connectivity index (χ0v) is 15.7. The molecule has 0 aliphatic carbocycles. The van der Waals surface area contributed by atoms with Gasteiger partial charge in [-0.25, -0.2) is 9.97 Å². The van der Waals surface area contributed by atoms with Gasteiger partial charge in [-0.15, -0.1) is 0 Å². The lowest BCUT2D eigenvalue weighted by molar-refractivity contribution is 0.0917. The molecule has 3 rings (SSSR count). The molecular formula is C20H19ClN4O2. The average Bonchev–Trinajstić information content (AvgIpc) is 2.68. The largest absolute Gasteiger partial charge is 0.394 e. The Morgan fingerprint density at radius 1 is 1.15 bits per heavy atom. The molecule has 0 spiro atoms. The maximum Gasteiger partial charge on any atom is 0.270 e. The van der Waals surface area contributed by atoms with Gasteiger partial charge in [-0.05, 0) is 44.2 Å². The minimum atomic E-state index is -0.379. The Morgan fingerprint density at radius 2 is 1.85 bits per heavy atom. The van der Waals surface area contributed by atoms with Gasteiger partial charge in [-0.3, -0.25) is 9.78 Å². The summed E-state index contributed by atoms with van der Waals surface area (Å²) in [5.41, 5.74) is 3.21. The lowest BCUT2D eigenvalue weighted by atomic mass is 10.1. The van der Waals surface area contributed by atoms with Crippen LogP contribution in [0.1, 0.15) is 23.1 Å². The van der Waals surface area contributed by atoms with Crippen LogP contribution in [-0.4, -0.2) is 38.6 Å². The molecule has 0 saturated carbocycles. The Kier molecular flexibility index (Phi) is 5.78. The number of aliphatic hydroxyl groups is 1. The van der Waals surface area contributed by atoms with Crippen molar-refractivity contribution in [3.8, 4) is 22.6 Å². The molecule has 0 radical (unpaired) electrons. The van der Waals surface area contributed by atoms with Crippen LogP contribution in [-0.2, 0) is 0 Å². The molecular weight excluding hydrogens is 364 g/mol. The Morgan fingerprint density at radius 3 is 2.48 bits per heavy atom. The molecule has 7 heteroatoms. The number of carbonyl (C=O) groups is 1. The SMILES string of the molecule is Cc1ccc(-c2nc(C(=O)NC(C)CO)cc(-c3ccc(Cl)cc3)n2)cn1. The van der Waals surface area contributed by atoms with Gasteiger partial charge in [0.05, 0.1) is 12.3 Å². The molecule has 3 aromatic rings. The van der Waals surface area contributed by atoms with E-state index >= 15 is 0 Å². The van der Waals surface area contributed by atoms with E-state index in [1.165, 1.54) is 0 Å². The summed E-state index contributed by atoms with van der Waals surface area (Å²) in [5, 5.41) is 12.5. The van der Waals surface area contributed by atoms with Gasteiger partial charge in [0.1, 0.15) is 5.69 Å². The predicted octanol–water partition coefficient (Wildman–Crippen LogP) is 3.28. The Bertz CT molecular complexity index is 879. The Labute approximate surface area is 162 Å². The fourth-order valence-corrected chi connectivity index (χ4v) is 2.53. The number of hydrogen-bond acceptors (Lipinski definition) is 5. The van der Waals surface area contributed by atoms with Crippen LogP contribution in [0.25, 0.3) is 22.6 Å². The number of aromatic nitrogens is 3. The lowest BCUT2D eigenvalue weighted by Crippen LogP contribution is -2.35. The number of pyridine rings is 1. The Hall–Kier alpha value is -2.83. The van der Waals surface area contributed by atoms with E-state index in [2.05, 4.69) is 20.3 Å². The molecule has 1 amide bonds. The van der Waals surface area contributed by atoms with E-state index in [0.717, 1.165) is 11.3 Å². The number of hydrogen-bond donors (Lipinski definition) is 2. The lowest BCUT2D eigenvalue weighted by Gasteiger charge is -2.12. The molecule has 1 unspecified atom stereocenters. The van der Waals surface area contributed by atoms with Gasteiger partial charge in [0.15, 0.2) is 5.82 Å². The summed E-state index contributed by atoms with van der Waals surface area (Å²) in [5.74, 6) is 0.0206. The van der Waals surface area contributed by atoms with Gasteiger partial charge < -0.3 is 10.4 Å². The molecule has 138 valence electrons. The molecule has 0 fully saturated rings. The normalized spacial score (nSPS) is 11.9. The molecule has 6 nitrogen and oxygen atoms in total. The number of benzene rings is 1. The highest BCUT2D eigenvalue weighted by molar-refractivity contribution is 6.30. The standard InChI is InChI=1S/C20H19ClN4O2/c1-12-3-4-15(10-22-12)19-24-17(14-5-7-16(21)8-6-14)9-18(25-19)20(27)23-13(2)11-26/h3-10,13,26H,11H2,1-2H3,(H,23,27). The van der Waals surface area contributed by atoms with Crippen molar-refractivity contribution in [1.82, 2.24) is 20.3 Å². The minimum absolute atomic E-state index is 0.157. The predicted molar refractivity (Wildman–Crippen MR) is 104 cm³/mol. The van der Waals surface area contributed by atoms with Gasteiger partial charge in [0.2, 0.25) is 0 Å². The van der Waals surface area contributed by atoms with Gasteiger partial charge >= 0.3 is 0 Å². The summed E-state index contributed by atoms with van der Waals surface area (Å²) in [4.78, 5) is 25.8.